The van der Waals surface area contributed by atoms with Crippen LogP contribution in [0.15, 0.2) is 66.2 Å². The molecule has 3 aromatic rings. The first-order valence-corrected chi connectivity index (χ1v) is 11.3. The smallest absolute Gasteiger partial charge is 0.324 e. The highest BCUT2D eigenvalue weighted by molar-refractivity contribution is 7.92. The lowest BCUT2D eigenvalue weighted by molar-refractivity contribution is -0.145. The molecule has 7 nitrogen and oxygen atoms in total. The van der Waals surface area contributed by atoms with Crippen LogP contribution in [-0.2, 0) is 19.6 Å². The van der Waals surface area contributed by atoms with Crippen LogP contribution in [0.2, 0.25) is 0 Å². The number of aromatic nitrogens is 1. The normalized spacial score (nSPS) is 13.0. The number of rotatable bonds is 9. The summed E-state index contributed by atoms with van der Waals surface area (Å²) in [5.74, 6) is -1.56. The van der Waals surface area contributed by atoms with Crippen molar-refractivity contribution < 1.29 is 22.7 Å². The summed E-state index contributed by atoms with van der Waals surface area (Å²) in [4.78, 5) is 28.1. The third-order valence-corrected chi connectivity index (χ3v) is 5.76. The number of Topliss-reactive ketones (excluding diaryl/α,β-unsaturated/α-hetero) is 1. The van der Waals surface area contributed by atoms with Gasteiger partial charge in [-0.2, -0.15) is 4.72 Å². The number of para-hydroxylation sites is 1. The molecule has 1 atom stereocenters. The minimum Gasteiger partial charge on any atom is -0.456 e. The summed E-state index contributed by atoms with van der Waals surface area (Å²) >= 11 is 0. The van der Waals surface area contributed by atoms with Crippen molar-refractivity contribution in [1.29, 1.82) is 0 Å². The molecule has 0 aliphatic heterocycles. The maximum atomic E-state index is 12.5. The third kappa shape index (κ3) is 5.90. The van der Waals surface area contributed by atoms with Crippen LogP contribution in [0.5, 0.6) is 0 Å². The van der Waals surface area contributed by atoms with Crippen molar-refractivity contribution in [1.82, 2.24) is 9.71 Å². The van der Waals surface area contributed by atoms with E-state index in [1.165, 1.54) is 6.08 Å². The standard InChI is InChI=1S/C23H24N2O5S/c1-16(2)22(25-31(28,29)13-12-17-8-4-3-5-9-17)23(27)30-15-21(26)19-14-24-20-11-7-6-10-18(19)20/h3-14,16,22,24-25H,15H2,1-2H3/b13-12+/t22-/m1/s1. The molecule has 0 unspecified atom stereocenters. The van der Waals surface area contributed by atoms with Crippen LogP contribution in [0.1, 0.15) is 29.8 Å². The van der Waals surface area contributed by atoms with Crippen LogP contribution >= 0.6 is 0 Å². The number of hydrogen-bond donors (Lipinski definition) is 2. The van der Waals surface area contributed by atoms with Crippen LogP contribution in [-0.4, -0.2) is 37.8 Å². The van der Waals surface area contributed by atoms with Crippen LogP contribution in [0.3, 0.4) is 0 Å². The molecule has 0 aliphatic rings. The minimum absolute atomic E-state index is 0.375. The molecule has 2 N–H and O–H groups in total. The molecule has 0 saturated carbocycles. The molecule has 1 aromatic heterocycles. The fourth-order valence-electron chi connectivity index (χ4n) is 3.01. The summed E-state index contributed by atoms with van der Waals surface area (Å²) in [5.41, 5.74) is 1.92. The first-order chi connectivity index (χ1) is 14.8. The molecule has 0 fully saturated rings. The van der Waals surface area contributed by atoms with E-state index in [0.717, 1.165) is 16.3 Å². The molecule has 0 amide bonds. The number of benzene rings is 2. The Morgan fingerprint density at radius 1 is 1.06 bits per heavy atom. The Hall–Kier alpha value is -3.23. The van der Waals surface area contributed by atoms with Gasteiger partial charge in [0, 0.05) is 28.1 Å². The van der Waals surface area contributed by atoms with E-state index in [9.17, 15) is 18.0 Å². The zero-order valence-electron chi connectivity index (χ0n) is 17.2. The summed E-state index contributed by atoms with van der Waals surface area (Å²) in [7, 11) is -3.90. The molecule has 0 spiro atoms. The molecule has 8 heteroatoms. The van der Waals surface area contributed by atoms with Gasteiger partial charge in [0.25, 0.3) is 0 Å². The van der Waals surface area contributed by atoms with E-state index in [1.807, 2.05) is 24.3 Å². The zero-order chi connectivity index (χ0) is 22.4. The second-order valence-corrected chi connectivity index (χ2v) is 8.97. The van der Waals surface area contributed by atoms with Gasteiger partial charge in [0.1, 0.15) is 6.04 Å². The molecule has 0 aliphatic carbocycles. The Morgan fingerprint density at radius 2 is 1.74 bits per heavy atom. The largest absolute Gasteiger partial charge is 0.456 e. The number of nitrogens with one attached hydrogen (secondary N) is 2. The van der Waals surface area contributed by atoms with E-state index < -0.39 is 28.6 Å². The zero-order valence-corrected chi connectivity index (χ0v) is 18.1. The number of hydrogen-bond acceptors (Lipinski definition) is 5. The SMILES string of the molecule is CC(C)[C@@H](NS(=O)(=O)/C=C/c1ccccc1)C(=O)OCC(=O)c1c[nH]c2ccccc12. The summed E-state index contributed by atoms with van der Waals surface area (Å²) in [5, 5.41) is 1.73. The molecule has 0 radical (unpaired) electrons. The molecule has 2 aromatic carbocycles. The number of carbonyl (C=O) groups is 2. The van der Waals surface area contributed by atoms with E-state index in [2.05, 4.69) is 9.71 Å². The lowest BCUT2D eigenvalue weighted by Crippen LogP contribution is -2.44. The van der Waals surface area contributed by atoms with Crippen LogP contribution in [0, 0.1) is 5.92 Å². The van der Waals surface area contributed by atoms with E-state index >= 15 is 0 Å². The lowest BCUT2D eigenvalue weighted by atomic mass is 10.1. The van der Waals surface area contributed by atoms with Crippen molar-refractivity contribution in [2.45, 2.75) is 19.9 Å². The van der Waals surface area contributed by atoms with Crippen LogP contribution < -0.4 is 4.72 Å². The predicted octanol–water partition coefficient (Wildman–Crippen LogP) is 3.51. The molecule has 31 heavy (non-hydrogen) atoms. The number of fused-ring (bicyclic) bond motifs is 1. The van der Waals surface area contributed by atoms with Crippen molar-refractivity contribution in [3.05, 3.63) is 77.3 Å². The van der Waals surface area contributed by atoms with Gasteiger partial charge in [-0.15, -0.1) is 0 Å². The minimum atomic E-state index is -3.90. The van der Waals surface area contributed by atoms with E-state index in [1.54, 1.807) is 50.4 Å². The van der Waals surface area contributed by atoms with E-state index in [4.69, 9.17) is 4.74 Å². The summed E-state index contributed by atoms with van der Waals surface area (Å²) in [6.45, 7) is 2.90. The highest BCUT2D eigenvalue weighted by Gasteiger charge is 2.28. The van der Waals surface area contributed by atoms with E-state index in [-0.39, 0.29) is 11.7 Å². The summed E-state index contributed by atoms with van der Waals surface area (Å²) in [6, 6.07) is 15.1. The van der Waals surface area contributed by atoms with Gasteiger partial charge in [0.05, 0.1) is 0 Å². The fourth-order valence-corrected chi connectivity index (χ4v) is 4.15. The number of ketones is 1. The van der Waals surface area contributed by atoms with Crippen LogP contribution in [0.4, 0.5) is 0 Å². The van der Waals surface area contributed by atoms with Gasteiger partial charge in [-0.3, -0.25) is 9.59 Å². The van der Waals surface area contributed by atoms with Gasteiger partial charge in [-0.05, 0) is 23.6 Å². The maximum Gasteiger partial charge on any atom is 0.324 e. The van der Waals surface area contributed by atoms with Gasteiger partial charge in [0.15, 0.2) is 6.61 Å². The van der Waals surface area contributed by atoms with Crippen molar-refractivity contribution in [2.24, 2.45) is 5.92 Å². The van der Waals surface area contributed by atoms with Gasteiger partial charge in [0.2, 0.25) is 15.8 Å². The summed E-state index contributed by atoms with van der Waals surface area (Å²) < 4.78 is 32.3. The monoisotopic (exact) mass is 440 g/mol. The second kappa shape index (κ2) is 9.72. The highest BCUT2D eigenvalue weighted by Crippen LogP contribution is 2.18. The van der Waals surface area contributed by atoms with Crippen molar-refractivity contribution in [3.63, 3.8) is 0 Å². The highest BCUT2D eigenvalue weighted by atomic mass is 32.2. The third-order valence-electron chi connectivity index (χ3n) is 4.69. The topological polar surface area (TPSA) is 105 Å². The van der Waals surface area contributed by atoms with Crippen molar-refractivity contribution >= 4 is 38.8 Å². The van der Waals surface area contributed by atoms with Gasteiger partial charge in [-0.25, -0.2) is 8.42 Å². The summed E-state index contributed by atoms with van der Waals surface area (Å²) in [6.07, 6.45) is 3.00. The molecule has 162 valence electrons. The first kappa shape index (κ1) is 22.5. The number of carbonyl (C=O) groups excluding carboxylic acids is 2. The Labute approximate surface area is 181 Å². The molecule has 3 rings (SSSR count). The van der Waals surface area contributed by atoms with Gasteiger partial charge < -0.3 is 9.72 Å². The maximum absolute atomic E-state index is 12.5. The van der Waals surface area contributed by atoms with E-state index in [0.29, 0.717) is 11.1 Å². The number of aromatic amines is 1. The number of H-pyrrole nitrogens is 1. The number of esters is 1. The van der Waals surface area contributed by atoms with Crippen molar-refractivity contribution in [3.8, 4) is 0 Å². The molecule has 1 heterocycles. The first-order valence-electron chi connectivity index (χ1n) is 9.78. The van der Waals surface area contributed by atoms with Gasteiger partial charge >= 0.3 is 5.97 Å². The molecule has 0 bridgehead atoms. The average Bonchev–Trinajstić information content (AvgIpc) is 3.19. The molecular weight excluding hydrogens is 416 g/mol. The Balaban J connectivity index is 1.65. The Kier molecular flexibility index (Phi) is 7.04. The quantitative estimate of drug-likeness (QED) is 0.391. The molecule has 0 saturated heterocycles. The number of sulfonamides is 1. The Bertz CT molecular complexity index is 1200. The average molecular weight is 441 g/mol. The van der Waals surface area contributed by atoms with Crippen molar-refractivity contribution in [2.75, 3.05) is 6.61 Å². The van der Waals surface area contributed by atoms with Gasteiger partial charge in [-0.1, -0.05) is 62.4 Å². The second-order valence-electron chi connectivity index (χ2n) is 7.38. The lowest BCUT2D eigenvalue weighted by Gasteiger charge is -2.19. The molecular formula is C23H24N2O5S. The number of ether oxygens (including phenoxy) is 1. The fraction of sp³-hybridized carbons (Fsp3) is 0.217. The predicted molar refractivity (Wildman–Crippen MR) is 120 cm³/mol. The van der Waals surface area contributed by atoms with Crippen LogP contribution in [0.25, 0.3) is 17.0 Å². The Morgan fingerprint density at radius 3 is 2.45 bits per heavy atom.